The molecule has 10 heteroatoms. The molecule has 1 rings (SSSR count). The summed E-state index contributed by atoms with van der Waals surface area (Å²) in [4.78, 5) is 0. The fraction of sp³-hybridized carbons (Fsp3) is 0.333. The molecular weight excluding hydrogens is 304 g/mol. The maximum atomic E-state index is 12.5. The predicted molar refractivity (Wildman–Crippen MR) is 52.7 cm³/mol. The number of benzene rings is 1. The summed E-state index contributed by atoms with van der Waals surface area (Å²) in [7, 11) is 0. The van der Waals surface area contributed by atoms with Crippen molar-refractivity contribution in [2.75, 3.05) is 13.2 Å². The molecule has 0 atom stereocenters. The van der Waals surface area contributed by atoms with Crippen molar-refractivity contribution in [3.8, 4) is 5.75 Å². The SMILES string of the molecule is F[B-](F)(F)c1ccccc1OCCOC(F)(F)F.[K+]. The van der Waals surface area contributed by atoms with Crippen molar-refractivity contribution in [2.45, 2.75) is 6.36 Å². The Morgan fingerprint density at radius 1 is 1.00 bits per heavy atom. The average Bonchev–Trinajstić information content (AvgIpc) is 2.22. The van der Waals surface area contributed by atoms with Gasteiger partial charge in [0.05, 0.1) is 12.4 Å². The minimum atomic E-state index is -5.27. The van der Waals surface area contributed by atoms with Crippen molar-refractivity contribution in [2.24, 2.45) is 0 Å². The van der Waals surface area contributed by atoms with Gasteiger partial charge in [0.1, 0.15) is 6.61 Å². The molecule has 0 saturated carbocycles. The Hall–Kier alpha value is 0.261. The van der Waals surface area contributed by atoms with Gasteiger partial charge >= 0.3 is 64.7 Å². The van der Waals surface area contributed by atoms with E-state index < -0.39 is 37.8 Å². The van der Waals surface area contributed by atoms with Gasteiger partial charge in [0.25, 0.3) is 0 Å². The predicted octanol–water partition coefficient (Wildman–Crippen LogP) is -0.340. The van der Waals surface area contributed by atoms with Crippen molar-refractivity contribution in [3.63, 3.8) is 0 Å². The Bertz CT molecular complexity index is 395. The first-order chi connectivity index (χ1) is 8.20. The fourth-order valence-electron chi connectivity index (χ4n) is 1.19. The van der Waals surface area contributed by atoms with Gasteiger partial charge in [0.15, 0.2) is 0 Å². The Morgan fingerprint density at radius 2 is 1.58 bits per heavy atom. The molecule has 0 heterocycles. The summed E-state index contributed by atoms with van der Waals surface area (Å²) in [6.45, 7) is -6.77. The summed E-state index contributed by atoms with van der Waals surface area (Å²) in [5.74, 6) is -0.504. The van der Waals surface area contributed by atoms with Crippen molar-refractivity contribution in [1.29, 1.82) is 0 Å². The van der Waals surface area contributed by atoms with Crippen LogP contribution in [0.4, 0.5) is 26.1 Å². The molecule has 0 fully saturated rings. The van der Waals surface area contributed by atoms with Crippen LogP contribution in [0.2, 0.25) is 0 Å². The molecule has 1 aromatic rings. The quantitative estimate of drug-likeness (QED) is 0.421. The molecule has 19 heavy (non-hydrogen) atoms. The number of hydrogen-bond donors (Lipinski definition) is 0. The van der Waals surface area contributed by atoms with Gasteiger partial charge in [0.2, 0.25) is 0 Å². The maximum Gasteiger partial charge on any atom is 1.00 e. The Morgan fingerprint density at radius 3 is 2.11 bits per heavy atom. The first kappa shape index (κ1) is 19.3. The smallest absolute Gasteiger partial charge is 0.494 e. The largest absolute Gasteiger partial charge is 1.00 e. The number of halogens is 6. The minimum Gasteiger partial charge on any atom is -0.494 e. The molecule has 0 bridgehead atoms. The Labute approximate surface area is 147 Å². The molecular formula is C9H8BF6KO2. The van der Waals surface area contributed by atoms with Crippen LogP contribution in [0.3, 0.4) is 0 Å². The zero-order chi connectivity index (χ0) is 13.8. The van der Waals surface area contributed by atoms with E-state index in [-0.39, 0.29) is 51.4 Å². The van der Waals surface area contributed by atoms with Crippen LogP contribution in [-0.4, -0.2) is 26.6 Å². The maximum absolute atomic E-state index is 12.5. The topological polar surface area (TPSA) is 18.5 Å². The third-order valence-corrected chi connectivity index (χ3v) is 1.88. The summed E-state index contributed by atoms with van der Waals surface area (Å²) >= 11 is 0. The van der Waals surface area contributed by atoms with Crippen molar-refractivity contribution in [3.05, 3.63) is 24.3 Å². The van der Waals surface area contributed by atoms with Crippen LogP contribution in [0, 0.1) is 0 Å². The molecule has 0 radical (unpaired) electrons. The van der Waals surface area contributed by atoms with Gasteiger partial charge in [-0.3, -0.25) is 4.74 Å². The summed E-state index contributed by atoms with van der Waals surface area (Å²) in [5.41, 5.74) is -0.982. The summed E-state index contributed by atoms with van der Waals surface area (Å²) in [6.07, 6.45) is -4.82. The second kappa shape index (κ2) is 7.89. The van der Waals surface area contributed by atoms with Gasteiger partial charge in [0, 0.05) is 0 Å². The average molecular weight is 312 g/mol. The van der Waals surface area contributed by atoms with Gasteiger partial charge in [-0.2, -0.15) is 0 Å². The second-order valence-electron chi connectivity index (χ2n) is 3.26. The van der Waals surface area contributed by atoms with Gasteiger partial charge < -0.3 is 17.7 Å². The van der Waals surface area contributed by atoms with Crippen LogP contribution in [0.5, 0.6) is 5.75 Å². The van der Waals surface area contributed by atoms with E-state index in [1.54, 1.807) is 0 Å². The molecule has 0 unspecified atom stereocenters. The fourth-order valence-corrected chi connectivity index (χ4v) is 1.19. The number of ether oxygens (including phenoxy) is 2. The summed E-state index contributed by atoms with van der Waals surface area (Å²) in [6, 6.07) is 4.31. The molecule has 0 aliphatic heterocycles. The van der Waals surface area contributed by atoms with Crippen LogP contribution < -0.4 is 61.6 Å². The van der Waals surface area contributed by atoms with Crippen molar-refractivity contribution < 1.29 is 87.0 Å². The third-order valence-electron chi connectivity index (χ3n) is 1.88. The molecule has 0 amide bonds. The summed E-state index contributed by atoms with van der Waals surface area (Å²) < 4.78 is 80.3. The van der Waals surface area contributed by atoms with Gasteiger partial charge in [-0.1, -0.05) is 23.7 Å². The van der Waals surface area contributed by atoms with Crippen LogP contribution in [0.25, 0.3) is 0 Å². The second-order valence-corrected chi connectivity index (χ2v) is 3.26. The molecule has 0 N–H and O–H groups in total. The van der Waals surface area contributed by atoms with Crippen LogP contribution in [-0.2, 0) is 4.74 Å². The number of alkyl halides is 3. The van der Waals surface area contributed by atoms with Crippen LogP contribution in [0.1, 0.15) is 0 Å². The monoisotopic (exact) mass is 312 g/mol. The minimum absolute atomic E-state index is 0. The van der Waals surface area contributed by atoms with Crippen LogP contribution in [0.15, 0.2) is 24.3 Å². The molecule has 0 aromatic heterocycles. The van der Waals surface area contributed by atoms with E-state index in [1.807, 2.05) is 0 Å². The number of hydrogen-bond acceptors (Lipinski definition) is 2. The summed E-state index contributed by atoms with van der Waals surface area (Å²) in [5, 5.41) is 0. The van der Waals surface area contributed by atoms with E-state index in [9.17, 15) is 26.1 Å². The first-order valence-electron chi connectivity index (χ1n) is 4.82. The van der Waals surface area contributed by atoms with E-state index >= 15 is 0 Å². The third kappa shape index (κ3) is 7.57. The Balaban J connectivity index is 0.00000324. The van der Waals surface area contributed by atoms with E-state index in [1.165, 1.54) is 12.1 Å². The van der Waals surface area contributed by atoms with Crippen molar-refractivity contribution >= 4 is 12.4 Å². The Kier molecular flexibility index (Phi) is 8.00. The standard InChI is InChI=1S/C9H8BF6O2.K/c11-9(12,13)18-6-5-17-8-4-2-1-3-7(8)10(14,15)16;/h1-4H,5-6H2;/q-1;+1. The van der Waals surface area contributed by atoms with E-state index in [2.05, 4.69) is 9.47 Å². The molecule has 1 aromatic carbocycles. The van der Waals surface area contributed by atoms with Crippen LogP contribution >= 0.6 is 0 Å². The molecule has 102 valence electrons. The van der Waals surface area contributed by atoms with E-state index in [0.29, 0.717) is 0 Å². The molecule has 0 aliphatic carbocycles. The van der Waals surface area contributed by atoms with Crippen molar-refractivity contribution in [1.82, 2.24) is 0 Å². The number of para-hydroxylation sites is 1. The van der Waals surface area contributed by atoms with Gasteiger partial charge in [-0.15, -0.1) is 13.2 Å². The molecule has 0 spiro atoms. The zero-order valence-corrected chi connectivity index (χ0v) is 13.0. The van der Waals surface area contributed by atoms with Gasteiger partial charge in [-0.05, 0) is 6.07 Å². The first-order valence-corrected chi connectivity index (χ1v) is 4.82. The van der Waals surface area contributed by atoms with Gasteiger partial charge in [-0.25, -0.2) is 0 Å². The molecule has 2 nitrogen and oxygen atoms in total. The van der Waals surface area contributed by atoms with E-state index in [4.69, 9.17) is 0 Å². The zero-order valence-electron chi connectivity index (χ0n) is 9.89. The normalized spacial score (nSPS) is 11.9. The van der Waals surface area contributed by atoms with E-state index in [0.717, 1.165) is 12.1 Å². The molecule has 0 saturated heterocycles. The number of rotatable bonds is 5. The molecule has 0 aliphatic rings.